The van der Waals surface area contributed by atoms with Gasteiger partial charge in [-0.2, -0.15) is 0 Å². The van der Waals surface area contributed by atoms with Crippen LogP contribution >= 0.6 is 11.3 Å². The minimum Gasteiger partial charge on any atom is -0.313 e. The van der Waals surface area contributed by atoms with Crippen molar-refractivity contribution >= 4 is 22.4 Å². The molecule has 5 nitrogen and oxygen atoms in total. The Kier molecular flexibility index (Phi) is 4.29. The van der Waals surface area contributed by atoms with E-state index in [0.717, 1.165) is 24.4 Å². The number of hydrogen-bond acceptors (Lipinski definition) is 5. The van der Waals surface area contributed by atoms with Gasteiger partial charge in [-0.3, -0.25) is 4.79 Å². The molecule has 0 spiro atoms. The van der Waals surface area contributed by atoms with Crippen LogP contribution in [0.25, 0.3) is 0 Å². The number of hydrogen-bond donors (Lipinski definition) is 2. The smallest absolute Gasteiger partial charge is 0.230 e. The van der Waals surface area contributed by atoms with Gasteiger partial charge >= 0.3 is 0 Å². The lowest BCUT2D eigenvalue weighted by Gasteiger charge is -2.12. The first-order valence-electron chi connectivity index (χ1n) is 6.43. The predicted molar refractivity (Wildman–Crippen MR) is 72.7 cm³/mol. The lowest BCUT2D eigenvalue weighted by Crippen LogP contribution is -2.32. The van der Waals surface area contributed by atoms with Crippen molar-refractivity contribution in [3.63, 3.8) is 0 Å². The highest BCUT2D eigenvalue weighted by molar-refractivity contribution is 7.15. The van der Waals surface area contributed by atoms with Gasteiger partial charge in [0.25, 0.3) is 0 Å². The van der Waals surface area contributed by atoms with Gasteiger partial charge in [-0.15, -0.1) is 10.2 Å². The minimum atomic E-state index is 0.0439. The largest absolute Gasteiger partial charge is 0.313 e. The summed E-state index contributed by atoms with van der Waals surface area (Å²) in [5, 5.41) is 15.9. The van der Waals surface area contributed by atoms with E-state index in [1.807, 2.05) is 6.92 Å². The van der Waals surface area contributed by atoms with Gasteiger partial charge in [-0.25, -0.2) is 0 Å². The van der Waals surface area contributed by atoms with E-state index >= 15 is 0 Å². The molecule has 1 amide bonds. The lowest BCUT2D eigenvalue weighted by molar-refractivity contribution is -0.120. The number of carbonyl (C=O) groups excluding carboxylic acids is 1. The highest BCUT2D eigenvalue weighted by Crippen LogP contribution is 2.21. The van der Waals surface area contributed by atoms with Crippen molar-refractivity contribution in [1.29, 1.82) is 0 Å². The second-order valence-corrected chi connectivity index (χ2v) is 6.29. The SMILES string of the molecule is CC(C)Cc1nnc(NC(=O)C2CCNC2C)s1. The van der Waals surface area contributed by atoms with E-state index in [4.69, 9.17) is 0 Å². The quantitative estimate of drug-likeness (QED) is 0.872. The lowest BCUT2D eigenvalue weighted by atomic mass is 10.0. The van der Waals surface area contributed by atoms with Crippen LogP contribution in [0, 0.1) is 11.8 Å². The molecule has 2 atom stereocenters. The summed E-state index contributed by atoms with van der Waals surface area (Å²) in [5.74, 6) is 0.655. The minimum absolute atomic E-state index is 0.0439. The van der Waals surface area contributed by atoms with Gasteiger partial charge in [0.2, 0.25) is 11.0 Å². The first-order chi connectivity index (χ1) is 8.56. The van der Waals surface area contributed by atoms with Crippen molar-refractivity contribution in [3.05, 3.63) is 5.01 Å². The molecule has 2 unspecified atom stereocenters. The average molecular weight is 268 g/mol. The molecule has 2 rings (SSSR count). The molecule has 100 valence electrons. The van der Waals surface area contributed by atoms with Gasteiger partial charge in [-0.05, 0) is 25.8 Å². The maximum Gasteiger partial charge on any atom is 0.230 e. The Morgan fingerprint density at radius 3 is 2.94 bits per heavy atom. The maximum atomic E-state index is 12.0. The first-order valence-corrected chi connectivity index (χ1v) is 7.24. The summed E-state index contributed by atoms with van der Waals surface area (Å²) < 4.78 is 0. The van der Waals surface area contributed by atoms with E-state index in [1.165, 1.54) is 11.3 Å². The van der Waals surface area contributed by atoms with Crippen LogP contribution in [-0.4, -0.2) is 28.7 Å². The molecule has 0 aromatic carbocycles. The number of carbonyl (C=O) groups is 1. The van der Waals surface area contributed by atoms with Crippen LogP contribution in [0.4, 0.5) is 5.13 Å². The van der Waals surface area contributed by atoms with Crippen molar-refractivity contribution in [1.82, 2.24) is 15.5 Å². The second kappa shape index (κ2) is 5.75. The van der Waals surface area contributed by atoms with E-state index in [2.05, 4.69) is 34.7 Å². The number of rotatable bonds is 4. The van der Waals surface area contributed by atoms with Crippen LogP contribution in [-0.2, 0) is 11.2 Å². The standard InChI is InChI=1S/C12H20N4OS/c1-7(2)6-10-15-16-12(18-10)14-11(17)9-4-5-13-8(9)3/h7-9,13H,4-6H2,1-3H3,(H,14,16,17). The fraction of sp³-hybridized carbons (Fsp3) is 0.750. The third kappa shape index (κ3) is 3.26. The molecular weight excluding hydrogens is 248 g/mol. The molecule has 1 aliphatic rings. The number of aromatic nitrogens is 2. The fourth-order valence-corrected chi connectivity index (χ4v) is 3.11. The highest BCUT2D eigenvalue weighted by atomic mass is 32.1. The van der Waals surface area contributed by atoms with Crippen LogP contribution in [0.2, 0.25) is 0 Å². The molecule has 1 fully saturated rings. The average Bonchev–Trinajstić information content (AvgIpc) is 2.87. The van der Waals surface area contributed by atoms with Crippen molar-refractivity contribution < 1.29 is 4.79 Å². The molecular formula is C12H20N4OS. The van der Waals surface area contributed by atoms with E-state index in [0.29, 0.717) is 11.0 Å². The van der Waals surface area contributed by atoms with Gasteiger partial charge in [-0.1, -0.05) is 25.2 Å². The molecule has 0 aliphatic carbocycles. The maximum absolute atomic E-state index is 12.0. The molecule has 2 heterocycles. The molecule has 18 heavy (non-hydrogen) atoms. The van der Waals surface area contributed by atoms with Crippen LogP contribution in [0.15, 0.2) is 0 Å². The molecule has 6 heteroatoms. The monoisotopic (exact) mass is 268 g/mol. The summed E-state index contributed by atoms with van der Waals surface area (Å²) in [5.41, 5.74) is 0. The van der Waals surface area contributed by atoms with Crippen LogP contribution in [0.3, 0.4) is 0 Å². The Bertz CT molecular complexity index is 418. The van der Waals surface area contributed by atoms with Crippen LogP contribution in [0.5, 0.6) is 0 Å². The van der Waals surface area contributed by atoms with Crippen LogP contribution < -0.4 is 10.6 Å². The zero-order chi connectivity index (χ0) is 13.1. The summed E-state index contributed by atoms with van der Waals surface area (Å²) in [7, 11) is 0. The van der Waals surface area contributed by atoms with Gasteiger partial charge in [0.05, 0.1) is 5.92 Å². The second-order valence-electron chi connectivity index (χ2n) is 5.23. The summed E-state index contributed by atoms with van der Waals surface area (Å²) in [4.78, 5) is 12.0. The van der Waals surface area contributed by atoms with E-state index < -0.39 is 0 Å². The molecule has 0 bridgehead atoms. The topological polar surface area (TPSA) is 66.9 Å². The summed E-state index contributed by atoms with van der Waals surface area (Å²) in [6, 6.07) is 0.244. The Morgan fingerprint density at radius 1 is 1.56 bits per heavy atom. The Hall–Kier alpha value is -1.01. The Balaban J connectivity index is 1.92. The van der Waals surface area contributed by atoms with Gasteiger partial charge in [0, 0.05) is 12.5 Å². The Morgan fingerprint density at radius 2 is 2.33 bits per heavy atom. The normalized spacial score (nSPS) is 23.6. The molecule has 1 aliphatic heterocycles. The van der Waals surface area contributed by atoms with E-state index in [9.17, 15) is 4.79 Å². The molecule has 1 saturated heterocycles. The summed E-state index contributed by atoms with van der Waals surface area (Å²) in [6.07, 6.45) is 1.81. The van der Waals surface area contributed by atoms with Crippen molar-refractivity contribution in [2.45, 2.75) is 39.7 Å². The molecule has 2 N–H and O–H groups in total. The predicted octanol–water partition coefficient (Wildman–Crippen LogP) is 1.67. The van der Waals surface area contributed by atoms with Crippen LogP contribution in [0.1, 0.15) is 32.2 Å². The van der Waals surface area contributed by atoms with Crippen molar-refractivity contribution in [3.8, 4) is 0 Å². The molecule has 0 saturated carbocycles. The first kappa shape index (κ1) is 13.4. The fourth-order valence-electron chi connectivity index (χ4n) is 2.15. The summed E-state index contributed by atoms with van der Waals surface area (Å²) in [6.45, 7) is 7.24. The number of nitrogens with zero attached hydrogens (tertiary/aromatic N) is 2. The number of anilines is 1. The number of amides is 1. The zero-order valence-corrected chi connectivity index (χ0v) is 11.9. The highest BCUT2D eigenvalue weighted by Gasteiger charge is 2.29. The molecule has 1 aromatic heterocycles. The van der Waals surface area contributed by atoms with Gasteiger partial charge in [0.1, 0.15) is 5.01 Å². The van der Waals surface area contributed by atoms with Crippen molar-refractivity contribution in [2.24, 2.45) is 11.8 Å². The number of nitrogens with one attached hydrogen (secondary N) is 2. The third-order valence-electron chi connectivity index (χ3n) is 3.14. The Labute approximate surface area is 111 Å². The zero-order valence-electron chi connectivity index (χ0n) is 11.1. The van der Waals surface area contributed by atoms with Gasteiger partial charge in [0.15, 0.2) is 0 Å². The van der Waals surface area contributed by atoms with Gasteiger partial charge < -0.3 is 10.6 Å². The van der Waals surface area contributed by atoms with Crippen molar-refractivity contribution in [2.75, 3.05) is 11.9 Å². The van der Waals surface area contributed by atoms with E-state index in [-0.39, 0.29) is 17.9 Å². The molecule has 0 radical (unpaired) electrons. The molecule has 1 aromatic rings. The third-order valence-corrected chi connectivity index (χ3v) is 4.00. The summed E-state index contributed by atoms with van der Waals surface area (Å²) >= 11 is 1.47. The van der Waals surface area contributed by atoms with E-state index in [1.54, 1.807) is 0 Å².